The second-order valence-electron chi connectivity index (χ2n) is 5.22. The lowest BCUT2D eigenvalue weighted by Gasteiger charge is -2.16. The Labute approximate surface area is 131 Å². The number of ether oxygens (including phenoxy) is 3. The maximum absolute atomic E-state index is 12.0. The summed E-state index contributed by atoms with van der Waals surface area (Å²) in [6.45, 7) is 4.39. The van der Waals surface area contributed by atoms with E-state index in [1.165, 1.54) is 0 Å². The first-order valence-corrected chi connectivity index (χ1v) is 7.63. The number of methoxy groups -OCH3 is 1. The Morgan fingerprint density at radius 3 is 2.86 bits per heavy atom. The highest BCUT2D eigenvalue weighted by atomic mass is 16.5. The molecule has 0 saturated carbocycles. The zero-order chi connectivity index (χ0) is 15.8. The Morgan fingerprint density at radius 1 is 1.32 bits per heavy atom. The molecular weight excluding hydrogens is 284 g/mol. The minimum absolute atomic E-state index is 0.0387. The summed E-state index contributed by atoms with van der Waals surface area (Å²) in [5, 5.41) is 6.05. The van der Waals surface area contributed by atoms with Gasteiger partial charge in [0.05, 0.1) is 13.2 Å². The lowest BCUT2D eigenvalue weighted by Crippen LogP contribution is -2.38. The number of carbonyl (C=O) groups is 1. The number of amides is 1. The van der Waals surface area contributed by atoms with Crippen LogP contribution in [0.25, 0.3) is 0 Å². The molecule has 1 heterocycles. The van der Waals surface area contributed by atoms with E-state index in [0.717, 1.165) is 30.0 Å². The van der Waals surface area contributed by atoms with Gasteiger partial charge in [0.15, 0.2) is 11.5 Å². The highest BCUT2D eigenvalue weighted by molar-refractivity contribution is 5.84. The summed E-state index contributed by atoms with van der Waals surface area (Å²) >= 11 is 0. The van der Waals surface area contributed by atoms with Gasteiger partial charge in [0.25, 0.3) is 0 Å². The number of fused-ring (bicyclic) bond motifs is 1. The second-order valence-corrected chi connectivity index (χ2v) is 5.22. The topological polar surface area (TPSA) is 68.8 Å². The van der Waals surface area contributed by atoms with Crippen molar-refractivity contribution in [3.8, 4) is 11.5 Å². The van der Waals surface area contributed by atoms with Crippen LogP contribution in [0, 0.1) is 0 Å². The first kappa shape index (κ1) is 16.4. The van der Waals surface area contributed by atoms with Crippen LogP contribution in [0.3, 0.4) is 0 Å². The van der Waals surface area contributed by atoms with Gasteiger partial charge < -0.3 is 24.8 Å². The molecule has 0 spiro atoms. The minimum Gasteiger partial charge on any atom is -0.490 e. The van der Waals surface area contributed by atoms with Crippen molar-refractivity contribution in [1.82, 2.24) is 5.32 Å². The Balaban J connectivity index is 1.87. The molecule has 0 aliphatic carbocycles. The van der Waals surface area contributed by atoms with E-state index in [1.54, 1.807) is 7.11 Å². The van der Waals surface area contributed by atoms with Crippen molar-refractivity contribution in [1.29, 1.82) is 0 Å². The molecule has 1 aliphatic heterocycles. The number of hydrogen-bond acceptors (Lipinski definition) is 5. The van der Waals surface area contributed by atoms with E-state index < -0.39 is 0 Å². The Kier molecular flexibility index (Phi) is 6.33. The molecule has 1 aromatic rings. The summed E-state index contributed by atoms with van der Waals surface area (Å²) in [7, 11) is 1.65. The first-order valence-electron chi connectivity index (χ1n) is 7.63. The van der Waals surface area contributed by atoms with E-state index >= 15 is 0 Å². The molecule has 1 atom stereocenters. The first-order chi connectivity index (χ1) is 10.7. The number of carbonyl (C=O) groups excluding carboxylic acids is 1. The quantitative estimate of drug-likeness (QED) is 0.752. The molecule has 2 N–H and O–H groups in total. The highest BCUT2D eigenvalue weighted by Gasteiger charge is 2.15. The van der Waals surface area contributed by atoms with Crippen LogP contribution in [-0.2, 0) is 9.53 Å². The number of nitrogens with one attached hydrogen (secondary N) is 2. The van der Waals surface area contributed by atoms with Gasteiger partial charge in [-0.25, -0.2) is 0 Å². The fourth-order valence-corrected chi connectivity index (χ4v) is 2.15. The van der Waals surface area contributed by atoms with Crippen LogP contribution in [0.2, 0.25) is 0 Å². The van der Waals surface area contributed by atoms with Gasteiger partial charge in [0, 0.05) is 38.4 Å². The summed E-state index contributed by atoms with van der Waals surface area (Å²) in [4.78, 5) is 12.0. The highest BCUT2D eigenvalue weighted by Crippen LogP contribution is 2.32. The van der Waals surface area contributed by atoms with Gasteiger partial charge in [-0.15, -0.1) is 0 Å². The van der Waals surface area contributed by atoms with Gasteiger partial charge >= 0.3 is 0 Å². The van der Waals surface area contributed by atoms with Gasteiger partial charge in [-0.3, -0.25) is 4.79 Å². The van der Waals surface area contributed by atoms with Gasteiger partial charge in [-0.2, -0.15) is 0 Å². The fraction of sp³-hybridized carbons (Fsp3) is 0.562. The number of hydrogen-bond donors (Lipinski definition) is 2. The van der Waals surface area contributed by atoms with Crippen LogP contribution < -0.4 is 20.1 Å². The van der Waals surface area contributed by atoms with Crippen molar-refractivity contribution in [2.24, 2.45) is 0 Å². The maximum Gasteiger partial charge on any atom is 0.242 e. The minimum atomic E-state index is -0.327. The lowest BCUT2D eigenvalue weighted by molar-refractivity contribution is -0.121. The van der Waals surface area contributed by atoms with Crippen molar-refractivity contribution >= 4 is 11.6 Å². The largest absolute Gasteiger partial charge is 0.490 e. The predicted molar refractivity (Wildman–Crippen MR) is 84.6 cm³/mol. The van der Waals surface area contributed by atoms with Crippen LogP contribution >= 0.6 is 0 Å². The average molecular weight is 308 g/mol. The molecule has 0 aromatic heterocycles. The average Bonchev–Trinajstić information content (AvgIpc) is 2.76. The van der Waals surface area contributed by atoms with Gasteiger partial charge in [-0.05, 0) is 25.5 Å². The van der Waals surface area contributed by atoms with Gasteiger partial charge in [0.1, 0.15) is 6.04 Å². The molecule has 6 heteroatoms. The Bertz CT molecular complexity index is 493. The third-order valence-corrected chi connectivity index (χ3v) is 3.35. The normalized spacial score (nSPS) is 14.8. The molecule has 6 nitrogen and oxygen atoms in total. The standard InChI is InChI=1S/C16H24N2O4/c1-12(16(19)17-7-3-8-20-2)18-13-5-6-14-15(11-13)22-10-4-9-21-14/h5-6,11-12,18H,3-4,7-10H2,1-2H3,(H,17,19). The van der Waals surface area contributed by atoms with Crippen LogP contribution in [0.1, 0.15) is 19.8 Å². The zero-order valence-electron chi connectivity index (χ0n) is 13.2. The molecule has 0 radical (unpaired) electrons. The van der Waals surface area contributed by atoms with Crippen LogP contribution in [0.15, 0.2) is 18.2 Å². The summed E-state index contributed by atoms with van der Waals surface area (Å²) in [6, 6.07) is 5.30. The SMILES string of the molecule is COCCCNC(=O)C(C)Nc1ccc2c(c1)OCCCO2. The molecular formula is C16H24N2O4. The van der Waals surface area contributed by atoms with Crippen molar-refractivity contribution in [2.45, 2.75) is 25.8 Å². The predicted octanol–water partition coefficient (Wildman–Crippen LogP) is 1.80. The molecule has 122 valence electrons. The van der Waals surface area contributed by atoms with Crippen molar-refractivity contribution in [2.75, 3.05) is 38.8 Å². The molecule has 0 fully saturated rings. The van der Waals surface area contributed by atoms with Crippen LogP contribution in [0.4, 0.5) is 5.69 Å². The van der Waals surface area contributed by atoms with Crippen LogP contribution in [0.5, 0.6) is 11.5 Å². The fourth-order valence-electron chi connectivity index (χ4n) is 2.15. The van der Waals surface area contributed by atoms with E-state index in [4.69, 9.17) is 14.2 Å². The molecule has 0 saturated heterocycles. The third-order valence-electron chi connectivity index (χ3n) is 3.35. The summed E-state index contributed by atoms with van der Waals surface area (Å²) in [5.74, 6) is 1.43. The monoisotopic (exact) mass is 308 g/mol. The number of benzene rings is 1. The second kappa shape index (κ2) is 8.48. The lowest BCUT2D eigenvalue weighted by atomic mass is 10.2. The molecule has 1 aliphatic rings. The Morgan fingerprint density at radius 2 is 2.09 bits per heavy atom. The third kappa shape index (κ3) is 4.80. The zero-order valence-corrected chi connectivity index (χ0v) is 13.2. The van der Waals surface area contributed by atoms with E-state index in [0.29, 0.717) is 26.4 Å². The number of anilines is 1. The van der Waals surface area contributed by atoms with Crippen LogP contribution in [-0.4, -0.2) is 45.4 Å². The van der Waals surface area contributed by atoms with E-state index in [2.05, 4.69) is 10.6 Å². The van der Waals surface area contributed by atoms with Crippen molar-refractivity contribution in [3.63, 3.8) is 0 Å². The maximum atomic E-state index is 12.0. The van der Waals surface area contributed by atoms with E-state index in [-0.39, 0.29) is 11.9 Å². The smallest absolute Gasteiger partial charge is 0.242 e. The molecule has 22 heavy (non-hydrogen) atoms. The molecule has 1 unspecified atom stereocenters. The van der Waals surface area contributed by atoms with Gasteiger partial charge in [-0.1, -0.05) is 0 Å². The molecule has 2 rings (SSSR count). The summed E-state index contributed by atoms with van der Waals surface area (Å²) < 4.78 is 16.2. The van der Waals surface area contributed by atoms with Crippen molar-refractivity contribution in [3.05, 3.63) is 18.2 Å². The summed E-state index contributed by atoms with van der Waals surface area (Å²) in [6.07, 6.45) is 1.68. The van der Waals surface area contributed by atoms with E-state index in [9.17, 15) is 4.79 Å². The van der Waals surface area contributed by atoms with Gasteiger partial charge in [0.2, 0.25) is 5.91 Å². The van der Waals surface area contributed by atoms with Crippen molar-refractivity contribution < 1.29 is 19.0 Å². The van der Waals surface area contributed by atoms with E-state index in [1.807, 2.05) is 25.1 Å². The Hall–Kier alpha value is -1.95. The molecule has 1 aromatic carbocycles. The number of rotatable bonds is 7. The molecule has 0 bridgehead atoms. The molecule has 1 amide bonds. The summed E-state index contributed by atoms with van der Waals surface area (Å²) in [5.41, 5.74) is 0.837.